The molecule has 36 heavy (non-hydrogen) atoms. The molecule has 2 atom stereocenters. The maximum absolute atomic E-state index is 15.1. The van der Waals surface area contributed by atoms with Crippen LogP contribution in [0.5, 0.6) is 0 Å². The lowest BCUT2D eigenvalue weighted by Crippen LogP contribution is -2.23. The summed E-state index contributed by atoms with van der Waals surface area (Å²) in [5.41, 5.74) is 2.35. The first-order chi connectivity index (χ1) is 17.4. The number of nitrogens with zero attached hydrogens (tertiary/aromatic N) is 6. The Hall–Kier alpha value is -3.61. The summed E-state index contributed by atoms with van der Waals surface area (Å²) in [5.74, 6) is -0.649. The fourth-order valence-electron chi connectivity index (χ4n) is 4.76. The summed E-state index contributed by atoms with van der Waals surface area (Å²) in [6.45, 7) is 2.15. The zero-order chi connectivity index (χ0) is 25.0. The summed E-state index contributed by atoms with van der Waals surface area (Å²) in [7, 11) is 0. The van der Waals surface area contributed by atoms with Crippen molar-refractivity contribution in [1.82, 2.24) is 24.1 Å². The number of benzene rings is 1. The van der Waals surface area contributed by atoms with E-state index in [1.165, 1.54) is 16.5 Å². The average Bonchev–Trinajstić information content (AvgIpc) is 3.63. The van der Waals surface area contributed by atoms with E-state index in [1.54, 1.807) is 13.1 Å². The third-order valence-corrected chi connectivity index (χ3v) is 7.35. The maximum Gasteiger partial charge on any atom is 0.277 e. The molecule has 0 unspecified atom stereocenters. The summed E-state index contributed by atoms with van der Waals surface area (Å²) < 4.78 is 24.5. The van der Waals surface area contributed by atoms with E-state index in [0.717, 1.165) is 24.5 Å². The number of aromatic nitrogens is 5. The molecule has 0 spiro atoms. The summed E-state index contributed by atoms with van der Waals surface area (Å²) in [4.78, 5) is 22.4. The standard InChI is InChI=1S/C26H22ClFN6O2/c1-14-23(27)26(35)33-13-21(32-24(25(33)31-14)19-5-2-15(10-29)8-20(19)28)16-6-7-36-22(9-16)17-11-30-34(12-17)18-3-4-18/h2,5,8,11-13,16,18,22H,3-4,6-7,9H2,1H3/t16-,22-/m0/s1. The van der Waals surface area contributed by atoms with Crippen molar-refractivity contribution < 1.29 is 9.13 Å². The number of ether oxygens (including phenoxy) is 1. The summed E-state index contributed by atoms with van der Waals surface area (Å²) in [6, 6.07) is 6.59. The molecule has 4 heterocycles. The monoisotopic (exact) mass is 504 g/mol. The van der Waals surface area contributed by atoms with E-state index in [4.69, 9.17) is 26.6 Å². The van der Waals surface area contributed by atoms with E-state index < -0.39 is 11.4 Å². The molecule has 10 heteroatoms. The second-order valence-electron chi connectivity index (χ2n) is 9.40. The van der Waals surface area contributed by atoms with Crippen molar-refractivity contribution in [1.29, 1.82) is 5.26 Å². The molecule has 6 rings (SSSR count). The summed E-state index contributed by atoms with van der Waals surface area (Å²) >= 11 is 6.24. The molecule has 3 aromatic heterocycles. The molecule has 1 saturated heterocycles. The number of hydrogen-bond acceptors (Lipinski definition) is 6. The van der Waals surface area contributed by atoms with E-state index in [1.807, 2.05) is 23.1 Å². The molecule has 0 N–H and O–H groups in total. The Labute approximate surface area is 210 Å². The first-order valence-electron chi connectivity index (χ1n) is 11.9. The number of aryl methyl sites for hydroxylation is 1. The maximum atomic E-state index is 15.1. The van der Waals surface area contributed by atoms with Crippen LogP contribution in [0, 0.1) is 24.1 Å². The molecule has 0 amide bonds. The zero-order valence-corrected chi connectivity index (χ0v) is 20.2. The Morgan fingerprint density at radius 2 is 2.06 bits per heavy atom. The predicted molar refractivity (Wildman–Crippen MR) is 130 cm³/mol. The van der Waals surface area contributed by atoms with Crippen LogP contribution in [0.2, 0.25) is 5.02 Å². The first kappa shape index (κ1) is 22.8. The van der Waals surface area contributed by atoms with Crippen LogP contribution in [0.25, 0.3) is 16.9 Å². The number of halogens is 2. The van der Waals surface area contributed by atoms with Crippen LogP contribution in [0.4, 0.5) is 4.39 Å². The smallest absolute Gasteiger partial charge is 0.277 e. The van der Waals surface area contributed by atoms with Crippen molar-refractivity contribution in [2.45, 2.75) is 50.7 Å². The van der Waals surface area contributed by atoms with Crippen LogP contribution in [0.1, 0.15) is 66.3 Å². The minimum atomic E-state index is -0.611. The van der Waals surface area contributed by atoms with E-state index in [9.17, 15) is 4.79 Å². The number of nitriles is 1. The minimum absolute atomic E-state index is 0.00763. The van der Waals surface area contributed by atoms with Gasteiger partial charge in [-0.15, -0.1) is 0 Å². The molecule has 1 saturated carbocycles. The van der Waals surface area contributed by atoms with E-state index >= 15 is 4.39 Å². The molecule has 1 aliphatic heterocycles. The lowest BCUT2D eigenvalue weighted by molar-refractivity contribution is 0.00454. The van der Waals surface area contributed by atoms with E-state index in [2.05, 4.69) is 10.1 Å². The minimum Gasteiger partial charge on any atom is -0.373 e. The highest BCUT2D eigenvalue weighted by atomic mass is 35.5. The summed E-state index contributed by atoms with van der Waals surface area (Å²) in [6.07, 6.45) is 9.04. The van der Waals surface area contributed by atoms with Crippen LogP contribution < -0.4 is 5.56 Å². The Balaban J connectivity index is 1.45. The summed E-state index contributed by atoms with van der Waals surface area (Å²) in [5, 5.41) is 13.6. The van der Waals surface area contributed by atoms with Gasteiger partial charge in [-0.1, -0.05) is 11.6 Å². The molecule has 1 aliphatic carbocycles. The number of rotatable bonds is 4. The largest absolute Gasteiger partial charge is 0.373 e. The van der Waals surface area contributed by atoms with Crippen LogP contribution in [0.3, 0.4) is 0 Å². The number of hydrogen-bond donors (Lipinski definition) is 0. The molecule has 4 aromatic rings. The lowest BCUT2D eigenvalue weighted by atomic mass is 9.90. The Kier molecular flexibility index (Phi) is 5.58. The first-order valence-corrected chi connectivity index (χ1v) is 12.3. The SMILES string of the molecule is Cc1nc2c(-c3ccc(C#N)cc3F)nc([C@H]3CCO[C@H](c4cnn(C5CC5)c4)C3)cn2c(=O)c1Cl. The van der Waals surface area contributed by atoms with Gasteiger partial charge in [-0.3, -0.25) is 13.9 Å². The van der Waals surface area contributed by atoms with Gasteiger partial charge in [-0.05, 0) is 50.8 Å². The highest BCUT2D eigenvalue weighted by molar-refractivity contribution is 6.31. The highest BCUT2D eigenvalue weighted by Gasteiger charge is 2.30. The van der Waals surface area contributed by atoms with Gasteiger partial charge in [-0.2, -0.15) is 10.4 Å². The Bertz CT molecular complexity index is 1600. The molecule has 2 aliphatic rings. The van der Waals surface area contributed by atoms with Crippen LogP contribution in [0.15, 0.2) is 41.6 Å². The molecule has 0 radical (unpaired) electrons. The van der Waals surface area contributed by atoms with Gasteiger partial charge in [0.2, 0.25) is 0 Å². The third kappa shape index (κ3) is 3.96. The van der Waals surface area contributed by atoms with Crippen molar-refractivity contribution in [2.75, 3.05) is 6.61 Å². The zero-order valence-electron chi connectivity index (χ0n) is 19.5. The molecule has 1 aromatic carbocycles. The fraction of sp³-hybridized carbons (Fsp3) is 0.346. The van der Waals surface area contributed by atoms with Gasteiger partial charge in [0.1, 0.15) is 16.5 Å². The molecule has 0 bridgehead atoms. The van der Waals surface area contributed by atoms with Crippen LogP contribution in [-0.2, 0) is 4.74 Å². The topological polar surface area (TPSA) is 98.1 Å². The van der Waals surface area contributed by atoms with Gasteiger partial charge in [0.15, 0.2) is 5.65 Å². The van der Waals surface area contributed by atoms with E-state index in [-0.39, 0.29) is 39.5 Å². The second-order valence-corrected chi connectivity index (χ2v) is 9.77. The average molecular weight is 505 g/mol. The van der Waals surface area contributed by atoms with Crippen LogP contribution >= 0.6 is 11.6 Å². The molecule has 182 valence electrons. The normalized spacial score (nSPS) is 19.9. The van der Waals surface area contributed by atoms with Gasteiger partial charge in [0.25, 0.3) is 5.56 Å². The molecule has 8 nitrogen and oxygen atoms in total. The van der Waals surface area contributed by atoms with Gasteiger partial charge in [-0.25, -0.2) is 14.4 Å². The van der Waals surface area contributed by atoms with Gasteiger partial charge in [0, 0.05) is 36.0 Å². The van der Waals surface area contributed by atoms with Crippen molar-refractivity contribution >= 4 is 17.2 Å². The van der Waals surface area contributed by atoms with Crippen molar-refractivity contribution in [3.05, 3.63) is 80.5 Å². The quantitative estimate of drug-likeness (QED) is 0.392. The number of fused-ring (bicyclic) bond motifs is 1. The highest BCUT2D eigenvalue weighted by Crippen LogP contribution is 2.40. The molecular weight excluding hydrogens is 483 g/mol. The molecule has 2 fully saturated rings. The van der Waals surface area contributed by atoms with E-state index in [0.29, 0.717) is 36.9 Å². The van der Waals surface area contributed by atoms with Crippen molar-refractivity contribution in [3.8, 4) is 17.3 Å². The fourth-order valence-corrected chi connectivity index (χ4v) is 4.89. The Morgan fingerprint density at radius 1 is 1.22 bits per heavy atom. The van der Waals surface area contributed by atoms with Gasteiger partial charge < -0.3 is 4.74 Å². The van der Waals surface area contributed by atoms with Gasteiger partial charge >= 0.3 is 0 Å². The van der Waals surface area contributed by atoms with Crippen LogP contribution in [-0.4, -0.2) is 30.8 Å². The van der Waals surface area contributed by atoms with Crippen molar-refractivity contribution in [3.63, 3.8) is 0 Å². The third-order valence-electron chi connectivity index (χ3n) is 6.91. The molecular formula is C26H22ClFN6O2. The lowest BCUT2D eigenvalue weighted by Gasteiger charge is -2.29. The predicted octanol–water partition coefficient (Wildman–Crippen LogP) is 4.90. The second kappa shape index (κ2) is 8.80. The Morgan fingerprint density at radius 3 is 2.81 bits per heavy atom. The van der Waals surface area contributed by atoms with Crippen molar-refractivity contribution in [2.24, 2.45) is 0 Å². The van der Waals surface area contributed by atoms with Gasteiger partial charge in [0.05, 0.1) is 41.4 Å².